The van der Waals surface area contributed by atoms with Crippen LogP contribution in [0.25, 0.3) is 0 Å². The van der Waals surface area contributed by atoms with Crippen LogP contribution in [0.5, 0.6) is 0 Å². The van der Waals surface area contributed by atoms with Crippen molar-refractivity contribution in [1.82, 2.24) is 4.90 Å². The topological polar surface area (TPSA) is 29.5 Å². The van der Waals surface area contributed by atoms with Crippen molar-refractivity contribution in [2.45, 2.75) is 39.8 Å². The number of hydrogen-bond donors (Lipinski definition) is 0. The molecule has 1 aliphatic rings. The fourth-order valence-electron chi connectivity index (χ4n) is 2.92. The Morgan fingerprint density at radius 1 is 1.35 bits per heavy atom. The summed E-state index contributed by atoms with van der Waals surface area (Å²) in [6.07, 6.45) is -0.266. The van der Waals surface area contributed by atoms with Gasteiger partial charge in [-0.1, -0.05) is 82.0 Å². The van der Waals surface area contributed by atoms with Crippen LogP contribution in [-0.2, 0) is 9.53 Å². The lowest BCUT2D eigenvalue weighted by molar-refractivity contribution is -0.138. The molecule has 3 nitrogen and oxygen atoms in total. The van der Waals surface area contributed by atoms with Gasteiger partial charge < -0.3 is 4.74 Å². The summed E-state index contributed by atoms with van der Waals surface area (Å²) >= 11 is 7.05. The minimum Gasteiger partial charge on any atom is -0.376 e. The Hall–Kier alpha value is -0.910. The Balaban J connectivity index is 2.25. The van der Waals surface area contributed by atoms with Crippen molar-refractivity contribution < 1.29 is 9.53 Å². The van der Waals surface area contributed by atoms with Gasteiger partial charge in [-0.15, -0.1) is 0 Å². The fraction of sp³-hybridized carbons (Fsp3) is 0.556. The quantitative estimate of drug-likeness (QED) is 0.757. The molecule has 0 radical (unpaired) electrons. The minimum atomic E-state index is -0.288. The number of thiocarbonyl (C=S) groups is 1. The highest BCUT2D eigenvalue weighted by Crippen LogP contribution is 2.38. The van der Waals surface area contributed by atoms with Crippen molar-refractivity contribution in [3.05, 3.63) is 35.9 Å². The van der Waals surface area contributed by atoms with Gasteiger partial charge in [0.25, 0.3) is 0 Å². The van der Waals surface area contributed by atoms with Crippen LogP contribution in [0.3, 0.4) is 0 Å². The van der Waals surface area contributed by atoms with E-state index in [1.807, 2.05) is 42.2 Å². The Morgan fingerprint density at radius 3 is 2.48 bits per heavy atom. The maximum absolute atomic E-state index is 13.1. The molecule has 0 spiro atoms. The Morgan fingerprint density at radius 2 is 1.96 bits per heavy atom. The first-order valence-corrected chi connectivity index (χ1v) is 9.24. The predicted octanol–water partition coefficient (Wildman–Crippen LogP) is 4.29. The van der Waals surface area contributed by atoms with E-state index < -0.39 is 0 Å². The number of ether oxygens (including phenoxy) is 1. The van der Waals surface area contributed by atoms with Gasteiger partial charge in [0, 0.05) is 12.9 Å². The molecule has 1 heterocycles. The van der Waals surface area contributed by atoms with Crippen molar-refractivity contribution in [3.63, 3.8) is 0 Å². The number of carbonyl (C=O) groups excluding carboxylic acids is 1. The zero-order valence-corrected chi connectivity index (χ0v) is 16.0. The van der Waals surface area contributed by atoms with Crippen molar-refractivity contribution >= 4 is 34.2 Å². The molecule has 1 aromatic rings. The average Bonchev–Trinajstić information content (AvgIpc) is 2.90. The average molecular weight is 352 g/mol. The van der Waals surface area contributed by atoms with E-state index in [1.54, 1.807) is 18.9 Å². The van der Waals surface area contributed by atoms with Crippen molar-refractivity contribution in [1.29, 1.82) is 0 Å². The van der Waals surface area contributed by atoms with Gasteiger partial charge in [0.2, 0.25) is 5.91 Å². The molecule has 0 unspecified atom stereocenters. The van der Waals surface area contributed by atoms with E-state index in [4.69, 9.17) is 17.0 Å². The summed E-state index contributed by atoms with van der Waals surface area (Å²) < 4.78 is 6.32. The molecule has 126 valence electrons. The van der Waals surface area contributed by atoms with Crippen molar-refractivity contribution in [2.75, 3.05) is 12.9 Å². The SMILES string of the molecule is CO[C@H](c1ccccc1)[C@@H](C)C(=O)N1C(=S)SC[C@@H]1C(C)(C)C. The van der Waals surface area contributed by atoms with E-state index >= 15 is 0 Å². The fourth-order valence-corrected chi connectivity index (χ4v) is 4.65. The maximum atomic E-state index is 13.1. The van der Waals surface area contributed by atoms with Gasteiger partial charge in [0.15, 0.2) is 0 Å². The number of nitrogens with zero attached hydrogens (tertiary/aromatic N) is 1. The molecular formula is C18H25NO2S2. The number of amides is 1. The van der Waals surface area contributed by atoms with Gasteiger partial charge in [0.1, 0.15) is 4.32 Å². The van der Waals surface area contributed by atoms with Crippen LogP contribution in [-0.4, -0.2) is 34.0 Å². The van der Waals surface area contributed by atoms with Crippen LogP contribution in [0.4, 0.5) is 0 Å². The van der Waals surface area contributed by atoms with E-state index in [1.165, 1.54) is 0 Å². The smallest absolute Gasteiger partial charge is 0.234 e. The summed E-state index contributed by atoms with van der Waals surface area (Å²) in [6, 6.07) is 10.0. The highest BCUT2D eigenvalue weighted by molar-refractivity contribution is 8.23. The molecule has 23 heavy (non-hydrogen) atoms. The first-order valence-electron chi connectivity index (χ1n) is 7.85. The zero-order valence-electron chi connectivity index (χ0n) is 14.4. The van der Waals surface area contributed by atoms with Crippen LogP contribution in [0.2, 0.25) is 0 Å². The Kier molecular flexibility index (Phi) is 5.87. The second-order valence-corrected chi connectivity index (χ2v) is 8.68. The van der Waals surface area contributed by atoms with Crippen molar-refractivity contribution in [3.8, 4) is 0 Å². The monoisotopic (exact) mass is 351 g/mol. The third-order valence-electron chi connectivity index (χ3n) is 4.34. The Labute approximate surface area is 148 Å². The molecular weight excluding hydrogens is 326 g/mol. The highest BCUT2D eigenvalue weighted by atomic mass is 32.2. The van der Waals surface area contributed by atoms with Gasteiger partial charge in [-0.05, 0) is 11.0 Å². The third-order valence-corrected chi connectivity index (χ3v) is 5.81. The van der Waals surface area contributed by atoms with E-state index in [0.717, 1.165) is 11.3 Å². The second kappa shape index (κ2) is 7.32. The van der Waals surface area contributed by atoms with Gasteiger partial charge in [-0.2, -0.15) is 0 Å². The van der Waals surface area contributed by atoms with Crippen molar-refractivity contribution in [2.24, 2.45) is 11.3 Å². The van der Waals surface area contributed by atoms with Gasteiger partial charge in [-0.25, -0.2) is 0 Å². The summed E-state index contributed by atoms with van der Waals surface area (Å²) in [7, 11) is 1.65. The van der Waals surface area contributed by atoms with E-state index in [0.29, 0.717) is 4.32 Å². The summed E-state index contributed by atoms with van der Waals surface area (Å²) in [5.74, 6) is 0.628. The standard InChI is InChI=1S/C18H25NO2S2/c1-12(15(21-5)13-9-7-6-8-10-13)16(20)19-14(18(2,3)4)11-23-17(19)22/h6-10,12,14-15H,11H2,1-5H3/t12-,14-,15+/m1/s1. The van der Waals surface area contributed by atoms with E-state index in [-0.39, 0.29) is 29.4 Å². The van der Waals surface area contributed by atoms with Crippen LogP contribution >= 0.6 is 24.0 Å². The minimum absolute atomic E-state index is 0.00173. The van der Waals surface area contributed by atoms with Gasteiger partial charge in [0.05, 0.1) is 18.1 Å². The molecule has 0 aliphatic carbocycles. The lowest BCUT2D eigenvalue weighted by Gasteiger charge is -2.36. The van der Waals surface area contributed by atoms with Gasteiger partial charge >= 0.3 is 0 Å². The molecule has 2 rings (SSSR count). The molecule has 0 bridgehead atoms. The largest absolute Gasteiger partial charge is 0.376 e. The Bertz CT molecular complexity index is 568. The van der Waals surface area contributed by atoms with Crippen LogP contribution in [0.15, 0.2) is 30.3 Å². The predicted molar refractivity (Wildman–Crippen MR) is 101 cm³/mol. The van der Waals surface area contributed by atoms with E-state index in [2.05, 4.69) is 20.8 Å². The number of carbonyl (C=O) groups is 1. The number of rotatable bonds is 4. The van der Waals surface area contributed by atoms with Gasteiger partial charge in [-0.3, -0.25) is 9.69 Å². The molecule has 3 atom stereocenters. The zero-order chi connectivity index (χ0) is 17.2. The second-order valence-electron chi connectivity index (χ2n) is 7.02. The third kappa shape index (κ3) is 3.95. The van der Waals surface area contributed by atoms with Crippen LogP contribution in [0, 0.1) is 11.3 Å². The first-order chi connectivity index (χ1) is 10.8. The van der Waals surface area contributed by atoms with Crippen LogP contribution in [0.1, 0.15) is 39.4 Å². The molecule has 1 fully saturated rings. The summed E-state index contributed by atoms with van der Waals surface area (Å²) in [6.45, 7) is 8.39. The summed E-state index contributed by atoms with van der Waals surface area (Å²) in [5, 5.41) is 0. The number of methoxy groups -OCH3 is 1. The summed E-state index contributed by atoms with van der Waals surface area (Å²) in [4.78, 5) is 15.0. The number of hydrogen-bond acceptors (Lipinski definition) is 4. The lowest BCUT2D eigenvalue weighted by Crippen LogP contribution is -2.48. The molecule has 1 aliphatic heterocycles. The molecule has 0 saturated carbocycles. The van der Waals surface area contributed by atoms with E-state index in [9.17, 15) is 4.79 Å². The number of thioether (sulfide) groups is 1. The molecule has 1 aromatic carbocycles. The number of benzene rings is 1. The van der Waals surface area contributed by atoms with Crippen LogP contribution < -0.4 is 0 Å². The maximum Gasteiger partial charge on any atom is 0.234 e. The molecule has 5 heteroatoms. The first kappa shape index (κ1) is 18.4. The lowest BCUT2D eigenvalue weighted by atomic mass is 9.86. The molecule has 0 aromatic heterocycles. The highest BCUT2D eigenvalue weighted by Gasteiger charge is 2.43. The molecule has 1 saturated heterocycles. The normalized spacial score (nSPS) is 21.3. The molecule has 1 amide bonds. The molecule has 0 N–H and O–H groups in total. The summed E-state index contributed by atoms with van der Waals surface area (Å²) in [5.41, 5.74) is 1.01.